The zero-order chi connectivity index (χ0) is 12.0. The van der Waals surface area contributed by atoms with Crippen molar-refractivity contribution in [2.75, 3.05) is 6.61 Å². The molecule has 0 aromatic rings. The summed E-state index contributed by atoms with van der Waals surface area (Å²) in [6.07, 6.45) is 7.61. The largest absolute Gasteiger partial charge is 0.480 e. The molecule has 0 saturated carbocycles. The Morgan fingerprint density at radius 3 is 3.00 bits per heavy atom. The second kappa shape index (κ2) is 6.52. The first-order chi connectivity index (χ1) is 7.56. The molecule has 0 spiro atoms. The normalized spacial score (nSPS) is 27.3. The van der Waals surface area contributed by atoms with Crippen molar-refractivity contribution in [2.45, 2.75) is 50.4 Å². The maximum Gasteiger partial charge on any atom is 0.183 e. The molecule has 16 heavy (non-hydrogen) atoms. The summed E-state index contributed by atoms with van der Waals surface area (Å²) in [5, 5.41) is 0.686. The van der Waals surface area contributed by atoms with E-state index in [0.29, 0.717) is 5.05 Å². The van der Waals surface area contributed by atoms with Crippen molar-refractivity contribution in [1.82, 2.24) is 0 Å². The molecule has 0 bridgehead atoms. The van der Waals surface area contributed by atoms with E-state index in [0.717, 1.165) is 29.7 Å². The molecule has 0 aromatic carbocycles. The van der Waals surface area contributed by atoms with Crippen LogP contribution in [-0.2, 0) is 9.47 Å². The number of rotatable bonds is 5. The number of ether oxygens (including phenoxy) is 2. The Labute approximate surface area is 107 Å². The Kier molecular flexibility index (Phi) is 5.65. The molecule has 0 radical (unpaired) electrons. The van der Waals surface area contributed by atoms with Gasteiger partial charge < -0.3 is 9.47 Å². The van der Waals surface area contributed by atoms with E-state index in [-0.39, 0.29) is 11.3 Å². The van der Waals surface area contributed by atoms with E-state index in [2.05, 4.69) is 13.5 Å². The molecule has 92 valence electrons. The van der Waals surface area contributed by atoms with Crippen LogP contribution >= 0.6 is 12.2 Å². The van der Waals surface area contributed by atoms with Crippen LogP contribution in [0.25, 0.3) is 0 Å². The van der Waals surface area contributed by atoms with Gasteiger partial charge in [0.1, 0.15) is 0 Å². The lowest BCUT2D eigenvalue weighted by Gasteiger charge is -2.34. The van der Waals surface area contributed by atoms with Crippen LogP contribution in [0.5, 0.6) is 0 Å². The van der Waals surface area contributed by atoms with E-state index in [4.69, 9.17) is 21.7 Å². The first-order valence-corrected chi connectivity index (χ1v) is 7.43. The Hall–Kier alpha value is -0.193. The maximum atomic E-state index is 5.90. The van der Waals surface area contributed by atoms with Gasteiger partial charge in [-0.15, -0.1) is 0 Å². The highest BCUT2D eigenvalue weighted by atomic mass is 32.1. The summed E-state index contributed by atoms with van der Waals surface area (Å²) >= 11 is 4.97. The Balaban J connectivity index is 2.27. The predicted octanol–water partition coefficient (Wildman–Crippen LogP) is 1.95. The fourth-order valence-corrected chi connectivity index (χ4v) is 3.01. The van der Waals surface area contributed by atoms with Crippen molar-refractivity contribution in [2.24, 2.45) is 0 Å². The van der Waals surface area contributed by atoms with Crippen LogP contribution in [0.1, 0.15) is 39.0 Å². The summed E-state index contributed by atoms with van der Waals surface area (Å²) in [7, 11) is 1.10. The maximum absolute atomic E-state index is 5.90. The fraction of sp³-hybridized carbons (Fsp3) is 0.750. The van der Waals surface area contributed by atoms with Crippen LogP contribution in [0.2, 0.25) is 0 Å². The average molecular weight is 258 g/mol. The van der Waals surface area contributed by atoms with Gasteiger partial charge in [0.2, 0.25) is 0 Å². The lowest BCUT2D eigenvalue weighted by atomic mass is 10.0. The molecular formula is C12H22O2SSi. The Morgan fingerprint density at radius 1 is 1.69 bits per heavy atom. The lowest BCUT2D eigenvalue weighted by Crippen LogP contribution is -2.37. The molecule has 1 aliphatic rings. The molecule has 0 aromatic heterocycles. The van der Waals surface area contributed by atoms with Crippen LogP contribution in [0, 0.1) is 0 Å². The molecule has 1 heterocycles. The zero-order valence-electron chi connectivity index (χ0n) is 10.3. The SMILES string of the molecule is C=CC(=S)OC(C)CCC1([SiH3])CCCCO1. The van der Waals surface area contributed by atoms with E-state index in [1.807, 2.05) is 0 Å². The summed E-state index contributed by atoms with van der Waals surface area (Å²) in [5.74, 6) is 0. The minimum atomic E-state index is 0.168. The molecule has 2 nitrogen and oxygen atoms in total. The molecule has 0 aliphatic carbocycles. The van der Waals surface area contributed by atoms with Crippen molar-refractivity contribution in [1.29, 1.82) is 0 Å². The quantitative estimate of drug-likeness (QED) is 0.427. The Morgan fingerprint density at radius 2 is 2.44 bits per heavy atom. The van der Waals surface area contributed by atoms with E-state index in [1.165, 1.54) is 19.3 Å². The van der Waals surface area contributed by atoms with Crippen molar-refractivity contribution in [3.05, 3.63) is 12.7 Å². The van der Waals surface area contributed by atoms with Gasteiger partial charge in [-0.3, -0.25) is 0 Å². The van der Waals surface area contributed by atoms with Crippen LogP contribution in [-0.4, -0.2) is 33.2 Å². The van der Waals surface area contributed by atoms with E-state index in [1.54, 1.807) is 6.08 Å². The molecule has 2 atom stereocenters. The number of thiocarbonyl (C=S) groups is 1. The van der Waals surface area contributed by atoms with Crippen LogP contribution in [0.4, 0.5) is 0 Å². The summed E-state index contributed by atoms with van der Waals surface area (Å²) in [4.78, 5) is 0. The second-order valence-electron chi connectivity index (χ2n) is 4.75. The van der Waals surface area contributed by atoms with E-state index < -0.39 is 0 Å². The Bertz CT molecular complexity index is 249. The van der Waals surface area contributed by atoms with E-state index in [9.17, 15) is 0 Å². The molecule has 0 N–H and O–H groups in total. The minimum absolute atomic E-state index is 0.168. The zero-order valence-corrected chi connectivity index (χ0v) is 13.1. The van der Waals surface area contributed by atoms with Gasteiger partial charge >= 0.3 is 0 Å². The number of hydrogen-bond donors (Lipinski definition) is 0. The minimum Gasteiger partial charge on any atom is -0.480 e. The molecule has 1 rings (SSSR count). The second-order valence-corrected chi connectivity index (χ2v) is 6.97. The molecule has 2 unspecified atom stereocenters. The molecule has 4 heteroatoms. The smallest absolute Gasteiger partial charge is 0.183 e. The topological polar surface area (TPSA) is 18.5 Å². The van der Waals surface area contributed by atoms with Gasteiger partial charge in [-0.25, -0.2) is 0 Å². The van der Waals surface area contributed by atoms with Crippen molar-refractivity contribution in [3.8, 4) is 0 Å². The molecule has 0 amide bonds. The lowest BCUT2D eigenvalue weighted by molar-refractivity contribution is -0.0285. The van der Waals surface area contributed by atoms with Crippen molar-refractivity contribution >= 4 is 27.5 Å². The van der Waals surface area contributed by atoms with Crippen LogP contribution in [0.3, 0.4) is 0 Å². The number of hydrogen-bond acceptors (Lipinski definition) is 3. The fourth-order valence-electron chi connectivity index (χ4n) is 2.00. The van der Waals surface area contributed by atoms with Gasteiger partial charge in [-0.2, -0.15) is 0 Å². The summed E-state index contributed by atoms with van der Waals surface area (Å²) in [5.41, 5.74) is 0. The van der Waals surface area contributed by atoms with Crippen molar-refractivity contribution in [3.63, 3.8) is 0 Å². The summed E-state index contributed by atoms with van der Waals surface area (Å²) in [6.45, 7) is 6.59. The van der Waals surface area contributed by atoms with Crippen LogP contribution < -0.4 is 0 Å². The van der Waals surface area contributed by atoms with Crippen LogP contribution in [0.15, 0.2) is 12.7 Å². The third-order valence-electron chi connectivity index (χ3n) is 3.11. The first-order valence-electron chi connectivity index (χ1n) is 6.03. The highest BCUT2D eigenvalue weighted by Crippen LogP contribution is 2.27. The highest BCUT2D eigenvalue weighted by molar-refractivity contribution is 7.80. The first kappa shape index (κ1) is 13.9. The van der Waals surface area contributed by atoms with E-state index >= 15 is 0 Å². The average Bonchev–Trinajstić information content (AvgIpc) is 2.27. The van der Waals surface area contributed by atoms with Gasteiger partial charge in [0.05, 0.1) is 6.10 Å². The van der Waals surface area contributed by atoms with Gasteiger partial charge in [0.15, 0.2) is 5.05 Å². The standard InChI is InChI=1S/C12H22O2SSi/c1-3-11(15)14-10(2)6-8-12(16)7-4-5-9-13-12/h3,10H,1,4-9H2,2,16H3. The third-order valence-corrected chi connectivity index (χ3v) is 4.67. The van der Waals surface area contributed by atoms with Gasteiger partial charge in [-0.1, -0.05) is 6.58 Å². The summed E-state index contributed by atoms with van der Waals surface area (Å²) < 4.78 is 11.4. The third kappa shape index (κ3) is 4.76. The summed E-state index contributed by atoms with van der Waals surface area (Å²) in [6, 6.07) is 0. The van der Waals surface area contributed by atoms with Gasteiger partial charge in [0, 0.05) is 22.1 Å². The molecule has 1 fully saturated rings. The predicted molar refractivity (Wildman–Crippen MR) is 75.0 cm³/mol. The van der Waals surface area contributed by atoms with Gasteiger partial charge in [-0.05, 0) is 57.3 Å². The van der Waals surface area contributed by atoms with Gasteiger partial charge in [0.25, 0.3) is 0 Å². The molecule has 1 aliphatic heterocycles. The monoisotopic (exact) mass is 258 g/mol. The molecular weight excluding hydrogens is 236 g/mol. The molecule has 1 saturated heterocycles. The van der Waals surface area contributed by atoms with Crippen molar-refractivity contribution < 1.29 is 9.47 Å². The highest BCUT2D eigenvalue weighted by Gasteiger charge is 2.27.